The zero-order chi connectivity index (χ0) is 24.6. The molecule has 10 heteroatoms. The fourth-order valence-corrected chi connectivity index (χ4v) is 5.67. The summed E-state index contributed by atoms with van der Waals surface area (Å²) in [5.41, 5.74) is 9.90. The number of fused-ring (bicyclic) bond motifs is 2. The molecule has 2 unspecified atom stereocenters. The van der Waals surface area contributed by atoms with Gasteiger partial charge < -0.3 is 16.0 Å². The van der Waals surface area contributed by atoms with E-state index in [1.165, 1.54) is 6.42 Å². The lowest BCUT2D eigenvalue weighted by Crippen LogP contribution is -2.58. The van der Waals surface area contributed by atoms with Crippen molar-refractivity contribution in [3.63, 3.8) is 0 Å². The number of carbonyl (C=O) groups is 2. The van der Waals surface area contributed by atoms with E-state index in [1.54, 1.807) is 16.9 Å². The highest BCUT2D eigenvalue weighted by Gasteiger charge is 2.36. The summed E-state index contributed by atoms with van der Waals surface area (Å²) in [7, 11) is 0. The molecule has 0 radical (unpaired) electrons. The van der Waals surface area contributed by atoms with Crippen LogP contribution >= 0.6 is 0 Å². The topological polar surface area (TPSA) is 122 Å². The summed E-state index contributed by atoms with van der Waals surface area (Å²) in [6, 6.07) is 11.6. The average molecular weight is 487 g/mol. The van der Waals surface area contributed by atoms with Gasteiger partial charge in [0.25, 0.3) is 5.91 Å². The Bertz CT molecular complexity index is 1300. The van der Waals surface area contributed by atoms with E-state index in [9.17, 15) is 9.59 Å². The van der Waals surface area contributed by atoms with Crippen LogP contribution in [-0.4, -0.2) is 62.4 Å². The molecule has 186 valence electrons. The molecule has 2 atom stereocenters. The molecule has 1 aromatic carbocycles. The van der Waals surface area contributed by atoms with Gasteiger partial charge in [-0.25, -0.2) is 9.67 Å². The quantitative estimate of drug-likeness (QED) is 0.565. The number of piperazine rings is 1. The van der Waals surface area contributed by atoms with Crippen molar-refractivity contribution in [2.75, 3.05) is 30.3 Å². The number of aromatic nitrogens is 4. The number of aryl methyl sites for hydroxylation is 1. The van der Waals surface area contributed by atoms with Crippen molar-refractivity contribution in [2.45, 2.75) is 50.7 Å². The van der Waals surface area contributed by atoms with Crippen molar-refractivity contribution < 1.29 is 9.59 Å². The van der Waals surface area contributed by atoms with Crippen LogP contribution in [0.4, 0.5) is 11.5 Å². The van der Waals surface area contributed by atoms with Crippen molar-refractivity contribution in [2.24, 2.45) is 0 Å². The molecule has 3 aromatic rings. The van der Waals surface area contributed by atoms with Gasteiger partial charge in [-0.2, -0.15) is 0 Å². The Labute approximate surface area is 209 Å². The number of nitrogens with two attached hydrogens (primary N) is 1. The first kappa shape index (κ1) is 22.7. The van der Waals surface area contributed by atoms with Gasteiger partial charge in [0.1, 0.15) is 5.82 Å². The largest absolute Gasteiger partial charge is 0.384 e. The highest BCUT2D eigenvalue weighted by molar-refractivity contribution is 5.98. The first-order chi connectivity index (χ1) is 17.5. The number of rotatable bonds is 5. The molecule has 2 amide bonds. The summed E-state index contributed by atoms with van der Waals surface area (Å²) in [5, 5.41) is 11.3. The van der Waals surface area contributed by atoms with Gasteiger partial charge in [-0.05, 0) is 61.6 Å². The summed E-state index contributed by atoms with van der Waals surface area (Å²) >= 11 is 0. The first-order valence-corrected chi connectivity index (χ1v) is 12.7. The number of pyridine rings is 1. The molecular weight excluding hydrogens is 456 g/mol. The molecule has 1 aliphatic carbocycles. The predicted molar refractivity (Wildman–Crippen MR) is 134 cm³/mol. The number of hydrogen-bond donors (Lipinski definition) is 2. The second kappa shape index (κ2) is 9.34. The van der Waals surface area contributed by atoms with Crippen LogP contribution in [0, 0.1) is 0 Å². The van der Waals surface area contributed by atoms with Crippen molar-refractivity contribution in [3.8, 4) is 0 Å². The maximum atomic E-state index is 13.1. The zero-order valence-electron chi connectivity index (χ0n) is 20.1. The number of benzene rings is 1. The van der Waals surface area contributed by atoms with Gasteiger partial charge in [0, 0.05) is 24.5 Å². The van der Waals surface area contributed by atoms with E-state index in [-0.39, 0.29) is 29.6 Å². The van der Waals surface area contributed by atoms with Crippen molar-refractivity contribution in [3.05, 3.63) is 65.1 Å². The lowest BCUT2D eigenvalue weighted by molar-refractivity contribution is -0.127. The molecular formula is C26H30N8O2. The molecule has 3 N–H and O–H groups in total. The van der Waals surface area contributed by atoms with Gasteiger partial charge in [-0.3, -0.25) is 14.5 Å². The molecule has 2 aromatic heterocycles. The summed E-state index contributed by atoms with van der Waals surface area (Å²) in [6.45, 7) is 3.10. The third-order valence-corrected chi connectivity index (χ3v) is 7.50. The highest BCUT2D eigenvalue weighted by Crippen LogP contribution is 2.30. The van der Waals surface area contributed by atoms with E-state index in [2.05, 4.69) is 25.5 Å². The van der Waals surface area contributed by atoms with Crippen LogP contribution in [0.25, 0.3) is 0 Å². The van der Waals surface area contributed by atoms with Crippen LogP contribution in [0.1, 0.15) is 59.0 Å². The van der Waals surface area contributed by atoms with Gasteiger partial charge in [-0.15, -0.1) is 5.10 Å². The molecule has 2 fully saturated rings. The second-order valence-electron chi connectivity index (χ2n) is 9.85. The Balaban J connectivity index is 1.12. The number of carbonyl (C=O) groups excluding carboxylic acids is 2. The lowest BCUT2D eigenvalue weighted by atomic mass is 9.98. The molecule has 6 rings (SSSR count). The van der Waals surface area contributed by atoms with E-state index in [0.717, 1.165) is 61.3 Å². The van der Waals surface area contributed by atoms with Crippen LogP contribution in [-0.2, 0) is 17.8 Å². The van der Waals surface area contributed by atoms with Gasteiger partial charge in [0.05, 0.1) is 24.8 Å². The average Bonchev–Trinajstić information content (AvgIpc) is 3.51. The van der Waals surface area contributed by atoms with E-state index in [0.29, 0.717) is 18.9 Å². The molecule has 3 aliphatic rings. The monoisotopic (exact) mass is 486 g/mol. The maximum absolute atomic E-state index is 13.1. The van der Waals surface area contributed by atoms with E-state index in [1.807, 2.05) is 35.2 Å². The van der Waals surface area contributed by atoms with Crippen LogP contribution < -0.4 is 16.0 Å². The summed E-state index contributed by atoms with van der Waals surface area (Å²) in [4.78, 5) is 34.6. The third-order valence-electron chi connectivity index (χ3n) is 7.50. The third kappa shape index (κ3) is 4.32. The Hall–Kier alpha value is -3.79. The van der Waals surface area contributed by atoms with Crippen LogP contribution in [0.2, 0.25) is 0 Å². The number of hydrogen-bond acceptors (Lipinski definition) is 7. The van der Waals surface area contributed by atoms with Gasteiger partial charge in [0.15, 0.2) is 5.69 Å². The zero-order valence-corrected chi connectivity index (χ0v) is 20.1. The fourth-order valence-electron chi connectivity index (χ4n) is 5.67. The van der Waals surface area contributed by atoms with Crippen LogP contribution in [0.5, 0.6) is 0 Å². The fraction of sp³-hybridized carbons (Fsp3) is 0.423. The molecule has 0 spiro atoms. The Morgan fingerprint density at radius 2 is 2.03 bits per heavy atom. The number of nitrogens with zero attached hydrogens (tertiary/aromatic N) is 6. The minimum atomic E-state index is -0.263. The van der Waals surface area contributed by atoms with Gasteiger partial charge in [-0.1, -0.05) is 29.8 Å². The minimum Gasteiger partial charge on any atom is -0.384 e. The normalized spacial score (nSPS) is 21.8. The molecule has 10 nitrogen and oxygen atoms in total. The molecule has 0 bridgehead atoms. The van der Waals surface area contributed by atoms with Gasteiger partial charge >= 0.3 is 0 Å². The van der Waals surface area contributed by atoms with Crippen LogP contribution in [0.3, 0.4) is 0 Å². The smallest absolute Gasteiger partial charge is 0.273 e. The summed E-state index contributed by atoms with van der Waals surface area (Å²) in [5.74, 6) is 0.429. The summed E-state index contributed by atoms with van der Waals surface area (Å²) < 4.78 is 1.65. The molecule has 36 heavy (non-hydrogen) atoms. The highest BCUT2D eigenvalue weighted by atomic mass is 16.2. The maximum Gasteiger partial charge on any atom is 0.273 e. The Kier molecular flexibility index (Phi) is 5.88. The van der Waals surface area contributed by atoms with Crippen molar-refractivity contribution >= 4 is 23.3 Å². The van der Waals surface area contributed by atoms with E-state index < -0.39 is 0 Å². The number of piperidine rings is 1. The van der Waals surface area contributed by atoms with Gasteiger partial charge in [0.2, 0.25) is 5.91 Å². The molecule has 2 aliphatic heterocycles. The predicted octanol–water partition coefficient (Wildman–Crippen LogP) is 1.92. The Morgan fingerprint density at radius 3 is 2.94 bits per heavy atom. The number of nitrogen functional groups attached to an aromatic ring is 1. The molecule has 2 saturated heterocycles. The van der Waals surface area contributed by atoms with Crippen molar-refractivity contribution in [1.29, 1.82) is 0 Å². The number of nitrogens with one attached hydrogen (secondary N) is 1. The number of amides is 2. The molecule has 4 heterocycles. The standard InChI is InChI=1S/C26H30N8O2/c27-24-10-7-19-20(28-24)8-9-21(19)29-25(35)22-16-33(31-30-22)15-17-4-3-5-18(14-17)34-13-12-32-11-2-1-6-23(32)26(34)36/h3-5,7,10,14,16,21,23H,1-2,6,8-9,11-13,15H2,(H2,27,28)(H,29,35). The SMILES string of the molecule is Nc1ccc2c(n1)CCC2NC(=O)c1cn(Cc2cccc(N3CCN4CCCCC4C3=O)c2)nn1. The lowest BCUT2D eigenvalue weighted by Gasteiger charge is -2.43. The minimum absolute atomic E-state index is 0.00696. The molecule has 0 saturated carbocycles. The Morgan fingerprint density at radius 1 is 1.11 bits per heavy atom. The van der Waals surface area contributed by atoms with E-state index >= 15 is 0 Å². The summed E-state index contributed by atoms with van der Waals surface area (Å²) in [6.07, 6.45) is 6.46. The van der Waals surface area contributed by atoms with E-state index in [4.69, 9.17) is 5.73 Å². The van der Waals surface area contributed by atoms with Crippen LogP contribution in [0.15, 0.2) is 42.6 Å². The first-order valence-electron chi connectivity index (χ1n) is 12.7. The second-order valence-corrected chi connectivity index (χ2v) is 9.85. The van der Waals surface area contributed by atoms with Crippen molar-refractivity contribution in [1.82, 2.24) is 30.2 Å². The number of anilines is 2.